The standard InChI is InChI=1S/C16H17N3OS/c1-2-12-6-3-4-7-13(12)18-16(20)19-10-11-21-15-14(19)8-5-9-17-15/h3-9H,2,10-11H2,1H3,(H,18,20). The molecule has 1 aromatic carbocycles. The summed E-state index contributed by atoms with van der Waals surface area (Å²) in [5.41, 5.74) is 2.91. The molecule has 0 saturated carbocycles. The third-order valence-corrected chi connectivity index (χ3v) is 4.46. The lowest BCUT2D eigenvalue weighted by molar-refractivity contribution is 0.257. The van der Waals surface area contributed by atoms with Gasteiger partial charge in [-0.3, -0.25) is 4.90 Å². The fourth-order valence-electron chi connectivity index (χ4n) is 2.40. The Kier molecular flexibility index (Phi) is 4.10. The molecule has 21 heavy (non-hydrogen) atoms. The van der Waals surface area contributed by atoms with Gasteiger partial charge in [-0.2, -0.15) is 0 Å². The van der Waals surface area contributed by atoms with Crippen molar-refractivity contribution in [1.82, 2.24) is 4.98 Å². The summed E-state index contributed by atoms with van der Waals surface area (Å²) in [6.07, 6.45) is 2.66. The first-order valence-electron chi connectivity index (χ1n) is 7.04. The Hall–Kier alpha value is -2.01. The number of aromatic nitrogens is 1. The molecule has 0 aliphatic carbocycles. The summed E-state index contributed by atoms with van der Waals surface area (Å²) in [6, 6.07) is 11.6. The Morgan fingerprint density at radius 3 is 3.05 bits per heavy atom. The number of carbonyl (C=O) groups excluding carboxylic acids is 1. The number of carbonyl (C=O) groups is 1. The number of rotatable bonds is 2. The van der Waals surface area contributed by atoms with E-state index in [4.69, 9.17) is 0 Å². The maximum Gasteiger partial charge on any atom is 0.326 e. The molecular formula is C16H17N3OS. The van der Waals surface area contributed by atoms with Gasteiger partial charge in [0.1, 0.15) is 5.03 Å². The predicted molar refractivity (Wildman–Crippen MR) is 87.1 cm³/mol. The molecule has 0 saturated heterocycles. The molecule has 1 aliphatic heterocycles. The number of pyridine rings is 1. The van der Waals surface area contributed by atoms with Gasteiger partial charge >= 0.3 is 6.03 Å². The van der Waals surface area contributed by atoms with Gasteiger partial charge < -0.3 is 5.32 Å². The molecule has 5 heteroatoms. The van der Waals surface area contributed by atoms with E-state index in [1.807, 2.05) is 36.4 Å². The van der Waals surface area contributed by atoms with Crippen LogP contribution < -0.4 is 10.2 Å². The summed E-state index contributed by atoms with van der Waals surface area (Å²) < 4.78 is 0. The normalized spacial score (nSPS) is 13.7. The highest BCUT2D eigenvalue weighted by Crippen LogP contribution is 2.32. The summed E-state index contributed by atoms with van der Waals surface area (Å²) in [7, 11) is 0. The van der Waals surface area contributed by atoms with E-state index in [9.17, 15) is 4.79 Å². The van der Waals surface area contributed by atoms with E-state index in [1.165, 1.54) is 0 Å². The van der Waals surface area contributed by atoms with E-state index in [1.54, 1.807) is 22.9 Å². The van der Waals surface area contributed by atoms with Crippen LogP contribution in [0.5, 0.6) is 0 Å². The molecule has 0 radical (unpaired) electrons. The molecule has 0 bridgehead atoms. The first kappa shape index (κ1) is 13.9. The molecule has 2 heterocycles. The van der Waals surface area contributed by atoms with Gasteiger partial charge in [0, 0.05) is 24.2 Å². The number of para-hydroxylation sites is 1. The van der Waals surface area contributed by atoms with Crippen LogP contribution in [0.1, 0.15) is 12.5 Å². The number of urea groups is 1. The van der Waals surface area contributed by atoms with Crippen molar-refractivity contribution in [1.29, 1.82) is 0 Å². The predicted octanol–water partition coefficient (Wildman–Crippen LogP) is 3.79. The molecule has 1 N–H and O–H groups in total. The molecule has 108 valence electrons. The van der Waals surface area contributed by atoms with E-state index in [-0.39, 0.29) is 6.03 Å². The minimum Gasteiger partial charge on any atom is -0.307 e. The lowest BCUT2D eigenvalue weighted by Crippen LogP contribution is -2.39. The number of hydrogen-bond donors (Lipinski definition) is 1. The summed E-state index contributed by atoms with van der Waals surface area (Å²) >= 11 is 1.69. The lowest BCUT2D eigenvalue weighted by atomic mass is 10.1. The number of fused-ring (bicyclic) bond motifs is 1. The van der Waals surface area contributed by atoms with Gasteiger partial charge in [-0.15, -0.1) is 11.8 Å². The first-order chi connectivity index (χ1) is 10.3. The number of amides is 2. The molecule has 0 atom stereocenters. The van der Waals surface area contributed by atoms with E-state index in [0.29, 0.717) is 6.54 Å². The molecule has 0 fully saturated rings. The molecular weight excluding hydrogens is 282 g/mol. The number of benzene rings is 1. The van der Waals surface area contributed by atoms with Crippen molar-refractivity contribution < 1.29 is 4.79 Å². The van der Waals surface area contributed by atoms with Gasteiger partial charge in [0.15, 0.2) is 0 Å². The Bertz CT molecular complexity index is 659. The van der Waals surface area contributed by atoms with E-state index < -0.39 is 0 Å². The number of nitrogens with zero attached hydrogens (tertiary/aromatic N) is 2. The number of hydrogen-bond acceptors (Lipinski definition) is 3. The minimum atomic E-state index is -0.0922. The quantitative estimate of drug-likeness (QED) is 0.917. The van der Waals surface area contributed by atoms with Gasteiger partial charge in [-0.25, -0.2) is 9.78 Å². The van der Waals surface area contributed by atoms with Crippen LogP contribution in [0.15, 0.2) is 47.6 Å². The molecule has 4 nitrogen and oxygen atoms in total. The number of aryl methyl sites for hydroxylation is 1. The second-order valence-electron chi connectivity index (χ2n) is 4.77. The van der Waals surface area contributed by atoms with Crippen molar-refractivity contribution in [2.24, 2.45) is 0 Å². The Labute approximate surface area is 128 Å². The summed E-state index contributed by atoms with van der Waals surface area (Å²) in [6.45, 7) is 2.78. The van der Waals surface area contributed by atoms with Crippen molar-refractivity contribution >= 4 is 29.2 Å². The number of nitrogens with one attached hydrogen (secondary N) is 1. The van der Waals surface area contributed by atoms with Crippen molar-refractivity contribution in [2.75, 3.05) is 22.5 Å². The monoisotopic (exact) mass is 299 g/mol. The molecule has 1 aliphatic rings. The SMILES string of the molecule is CCc1ccccc1NC(=O)N1CCSc2ncccc21. The maximum absolute atomic E-state index is 12.6. The van der Waals surface area contributed by atoms with Crippen molar-refractivity contribution in [3.63, 3.8) is 0 Å². The van der Waals surface area contributed by atoms with Gasteiger partial charge in [0.25, 0.3) is 0 Å². The zero-order chi connectivity index (χ0) is 14.7. The van der Waals surface area contributed by atoms with Crippen LogP contribution in [0, 0.1) is 0 Å². The van der Waals surface area contributed by atoms with Crippen LogP contribution in [0.2, 0.25) is 0 Å². The molecule has 1 aromatic heterocycles. The summed E-state index contributed by atoms with van der Waals surface area (Å²) in [4.78, 5) is 18.7. The second-order valence-corrected chi connectivity index (χ2v) is 5.85. The Morgan fingerprint density at radius 1 is 1.33 bits per heavy atom. The molecule has 0 spiro atoms. The number of anilines is 2. The van der Waals surface area contributed by atoms with Crippen molar-refractivity contribution in [3.05, 3.63) is 48.2 Å². The lowest BCUT2D eigenvalue weighted by Gasteiger charge is -2.28. The largest absolute Gasteiger partial charge is 0.326 e. The molecule has 2 aromatic rings. The Morgan fingerprint density at radius 2 is 2.19 bits per heavy atom. The second kappa shape index (κ2) is 6.18. The fourth-order valence-corrected chi connectivity index (χ4v) is 3.33. The third kappa shape index (κ3) is 2.88. The van der Waals surface area contributed by atoms with Crippen molar-refractivity contribution in [2.45, 2.75) is 18.4 Å². The van der Waals surface area contributed by atoms with Crippen LogP contribution in [0.3, 0.4) is 0 Å². The highest BCUT2D eigenvalue weighted by atomic mass is 32.2. The average Bonchev–Trinajstić information content (AvgIpc) is 2.54. The van der Waals surface area contributed by atoms with Gasteiger partial charge in [-0.1, -0.05) is 25.1 Å². The van der Waals surface area contributed by atoms with Crippen LogP contribution in [0.25, 0.3) is 0 Å². The van der Waals surface area contributed by atoms with Crippen LogP contribution in [0.4, 0.5) is 16.2 Å². The molecule has 3 rings (SSSR count). The van der Waals surface area contributed by atoms with Gasteiger partial charge in [0.05, 0.1) is 5.69 Å². The third-order valence-electron chi connectivity index (χ3n) is 3.48. The maximum atomic E-state index is 12.6. The highest BCUT2D eigenvalue weighted by Gasteiger charge is 2.23. The van der Waals surface area contributed by atoms with E-state index in [0.717, 1.165) is 34.1 Å². The molecule has 0 unspecified atom stereocenters. The van der Waals surface area contributed by atoms with E-state index in [2.05, 4.69) is 17.2 Å². The van der Waals surface area contributed by atoms with E-state index >= 15 is 0 Å². The molecule has 2 amide bonds. The van der Waals surface area contributed by atoms with Crippen LogP contribution >= 0.6 is 11.8 Å². The van der Waals surface area contributed by atoms with Crippen LogP contribution in [-0.4, -0.2) is 23.3 Å². The zero-order valence-electron chi connectivity index (χ0n) is 11.9. The smallest absolute Gasteiger partial charge is 0.307 e. The zero-order valence-corrected chi connectivity index (χ0v) is 12.7. The van der Waals surface area contributed by atoms with Gasteiger partial charge in [-0.05, 0) is 30.2 Å². The summed E-state index contributed by atoms with van der Waals surface area (Å²) in [5, 5.41) is 3.94. The summed E-state index contributed by atoms with van der Waals surface area (Å²) in [5.74, 6) is 0.868. The van der Waals surface area contributed by atoms with Gasteiger partial charge in [0.2, 0.25) is 0 Å². The number of thioether (sulfide) groups is 1. The first-order valence-corrected chi connectivity index (χ1v) is 8.02. The van der Waals surface area contributed by atoms with Crippen molar-refractivity contribution in [3.8, 4) is 0 Å². The topological polar surface area (TPSA) is 45.2 Å². The average molecular weight is 299 g/mol. The fraction of sp³-hybridized carbons (Fsp3) is 0.250. The van der Waals surface area contributed by atoms with Crippen LogP contribution in [-0.2, 0) is 6.42 Å². The Balaban J connectivity index is 1.84. The highest BCUT2D eigenvalue weighted by molar-refractivity contribution is 7.99. The minimum absolute atomic E-state index is 0.0922.